The van der Waals surface area contributed by atoms with Crippen LogP contribution in [0.25, 0.3) is 10.9 Å². The summed E-state index contributed by atoms with van der Waals surface area (Å²) in [6.07, 6.45) is -1.89. The van der Waals surface area contributed by atoms with Crippen molar-refractivity contribution in [1.29, 1.82) is 0 Å². The predicted octanol–water partition coefficient (Wildman–Crippen LogP) is 4.19. The smallest absolute Gasteiger partial charge is 0.433 e. The Bertz CT molecular complexity index is 899. The van der Waals surface area contributed by atoms with Crippen molar-refractivity contribution in [1.82, 2.24) is 9.88 Å². The van der Waals surface area contributed by atoms with E-state index in [1.807, 2.05) is 6.08 Å². The number of ether oxygens (including phenoxy) is 1. The molecule has 4 nitrogen and oxygen atoms in total. The summed E-state index contributed by atoms with van der Waals surface area (Å²) in [6.45, 7) is 5.52. The predicted molar refractivity (Wildman–Crippen MR) is 100 cm³/mol. The van der Waals surface area contributed by atoms with Crippen molar-refractivity contribution in [2.45, 2.75) is 31.2 Å². The molecule has 1 aromatic heterocycles. The summed E-state index contributed by atoms with van der Waals surface area (Å²) >= 11 is 0. The normalized spacial score (nSPS) is 28.3. The van der Waals surface area contributed by atoms with Gasteiger partial charge in [0.25, 0.3) is 0 Å². The number of rotatable bonds is 4. The SMILES string of the molecule is C=C[C@H]1CN2CC[C@H]1C[C@H]2[C@H](O)c1cc(C(F)(F)F)nc2ccc(OC)cc12. The quantitative estimate of drug-likeness (QED) is 0.793. The zero-order valence-electron chi connectivity index (χ0n) is 15.6. The largest absolute Gasteiger partial charge is 0.497 e. The van der Waals surface area contributed by atoms with Crippen LogP contribution in [-0.2, 0) is 6.18 Å². The highest BCUT2D eigenvalue weighted by Crippen LogP contribution is 2.43. The molecule has 4 heterocycles. The molecule has 1 unspecified atom stereocenters. The van der Waals surface area contributed by atoms with Crippen LogP contribution in [0.3, 0.4) is 0 Å². The van der Waals surface area contributed by atoms with Gasteiger partial charge in [-0.15, -0.1) is 6.58 Å². The topological polar surface area (TPSA) is 45.6 Å². The Hall–Kier alpha value is -2.12. The van der Waals surface area contributed by atoms with Crippen molar-refractivity contribution in [2.24, 2.45) is 11.8 Å². The first-order valence-corrected chi connectivity index (χ1v) is 9.42. The van der Waals surface area contributed by atoms with Crippen LogP contribution >= 0.6 is 0 Å². The Morgan fingerprint density at radius 3 is 2.75 bits per heavy atom. The Morgan fingerprint density at radius 2 is 2.14 bits per heavy atom. The van der Waals surface area contributed by atoms with Gasteiger partial charge in [0.2, 0.25) is 0 Å². The summed E-state index contributed by atoms with van der Waals surface area (Å²) in [6, 6.07) is 5.49. The fourth-order valence-corrected chi connectivity index (χ4v) is 4.66. The molecule has 2 bridgehead atoms. The molecule has 3 aliphatic heterocycles. The van der Waals surface area contributed by atoms with Gasteiger partial charge in [0.05, 0.1) is 18.7 Å². The van der Waals surface area contributed by atoms with Crippen LogP contribution in [0.1, 0.15) is 30.2 Å². The van der Waals surface area contributed by atoms with Crippen LogP contribution in [-0.4, -0.2) is 41.2 Å². The van der Waals surface area contributed by atoms with E-state index in [0.717, 1.165) is 32.0 Å². The number of hydrogen-bond acceptors (Lipinski definition) is 4. The maximum Gasteiger partial charge on any atom is 0.433 e. The van der Waals surface area contributed by atoms with Gasteiger partial charge < -0.3 is 9.84 Å². The van der Waals surface area contributed by atoms with E-state index in [1.165, 1.54) is 13.2 Å². The monoisotopic (exact) mass is 392 g/mol. The van der Waals surface area contributed by atoms with Crippen molar-refractivity contribution >= 4 is 10.9 Å². The minimum absolute atomic E-state index is 0.199. The van der Waals surface area contributed by atoms with Gasteiger partial charge in [-0.3, -0.25) is 4.90 Å². The van der Waals surface area contributed by atoms with Gasteiger partial charge in [-0.1, -0.05) is 6.08 Å². The number of nitrogens with zero attached hydrogens (tertiary/aromatic N) is 2. The van der Waals surface area contributed by atoms with E-state index in [4.69, 9.17) is 4.74 Å². The zero-order valence-corrected chi connectivity index (χ0v) is 15.6. The van der Waals surface area contributed by atoms with Gasteiger partial charge in [0, 0.05) is 18.0 Å². The number of aliphatic hydroxyl groups excluding tert-OH is 1. The molecule has 2 aromatic rings. The fraction of sp³-hybridized carbons (Fsp3) is 0.476. The highest BCUT2D eigenvalue weighted by Gasteiger charge is 2.43. The molecule has 0 spiro atoms. The second-order valence-electron chi connectivity index (χ2n) is 7.67. The van der Waals surface area contributed by atoms with Crippen LogP contribution in [0.2, 0.25) is 0 Å². The van der Waals surface area contributed by atoms with Crippen molar-refractivity contribution in [2.75, 3.05) is 20.2 Å². The molecule has 0 aliphatic carbocycles. The van der Waals surface area contributed by atoms with Gasteiger partial charge >= 0.3 is 6.18 Å². The number of alkyl halides is 3. The number of fused-ring (bicyclic) bond motifs is 4. The van der Waals surface area contributed by atoms with Gasteiger partial charge in [-0.05, 0) is 61.1 Å². The maximum absolute atomic E-state index is 13.4. The molecule has 3 fully saturated rings. The number of halogens is 3. The second-order valence-corrected chi connectivity index (χ2v) is 7.67. The number of pyridine rings is 1. The number of methoxy groups -OCH3 is 1. The molecular weight excluding hydrogens is 369 g/mol. The van der Waals surface area contributed by atoms with Crippen LogP contribution in [0.5, 0.6) is 5.75 Å². The molecule has 0 saturated carbocycles. The van der Waals surface area contributed by atoms with Gasteiger partial charge in [0.1, 0.15) is 11.4 Å². The summed E-state index contributed by atoms with van der Waals surface area (Å²) in [5.74, 6) is 1.30. The average molecular weight is 392 g/mol. The molecule has 3 aliphatic rings. The van der Waals surface area contributed by atoms with Crippen molar-refractivity contribution in [3.8, 4) is 5.75 Å². The number of aromatic nitrogens is 1. The Labute approximate surface area is 161 Å². The number of piperidine rings is 3. The van der Waals surface area contributed by atoms with E-state index in [-0.39, 0.29) is 17.1 Å². The van der Waals surface area contributed by atoms with E-state index >= 15 is 0 Å². The molecule has 0 amide bonds. The van der Waals surface area contributed by atoms with Crippen LogP contribution < -0.4 is 4.74 Å². The molecule has 28 heavy (non-hydrogen) atoms. The Balaban J connectivity index is 1.79. The maximum atomic E-state index is 13.4. The Kier molecular flexibility index (Phi) is 4.83. The number of benzene rings is 1. The highest BCUT2D eigenvalue weighted by molar-refractivity contribution is 5.84. The molecule has 150 valence electrons. The minimum atomic E-state index is -4.58. The summed E-state index contributed by atoms with van der Waals surface area (Å²) in [5.41, 5.74) is -0.535. The molecule has 1 aromatic carbocycles. The third-order valence-electron chi connectivity index (χ3n) is 6.18. The standard InChI is InChI=1S/C21H23F3N2O2/c1-3-12-11-26-7-6-13(12)8-18(26)20(27)16-10-19(21(22,23)24)25-17-5-4-14(28-2)9-15(16)17/h3-5,9-10,12-13,18,20,27H,1,6-8,11H2,2H3/t12-,13-,18-,20+/m0/s1. The highest BCUT2D eigenvalue weighted by atomic mass is 19.4. The lowest BCUT2D eigenvalue weighted by Crippen LogP contribution is -2.54. The van der Waals surface area contributed by atoms with Crippen molar-refractivity contribution in [3.05, 3.63) is 48.2 Å². The summed E-state index contributed by atoms with van der Waals surface area (Å²) in [5, 5.41) is 11.7. The molecule has 0 radical (unpaired) electrons. The first kappa shape index (κ1) is 19.2. The average Bonchev–Trinajstić information content (AvgIpc) is 2.71. The third-order valence-corrected chi connectivity index (χ3v) is 6.18. The van der Waals surface area contributed by atoms with Crippen LogP contribution in [0.15, 0.2) is 36.9 Å². The summed E-state index contributed by atoms with van der Waals surface area (Å²) in [4.78, 5) is 5.94. The second kappa shape index (κ2) is 7.04. The van der Waals surface area contributed by atoms with Crippen molar-refractivity contribution < 1.29 is 23.0 Å². The number of hydrogen-bond donors (Lipinski definition) is 1. The zero-order chi connectivity index (χ0) is 20.1. The van der Waals surface area contributed by atoms with Crippen molar-refractivity contribution in [3.63, 3.8) is 0 Å². The van der Waals surface area contributed by atoms with Gasteiger partial charge in [0.15, 0.2) is 0 Å². The first-order chi connectivity index (χ1) is 13.3. The van der Waals surface area contributed by atoms with Gasteiger partial charge in [-0.25, -0.2) is 4.98 Å². The lowest BCUT2D eigenvalue weighted by molar-refractivity contribution is -0.141. The first-order valence-electron chi connectivity index (χ1n) is 9.42. The summed E-state index contributed by atoms with van der Waals surface area (Å²) < 4.78 is 45.4. The van der Waals surface area contributed by atoms with Gasteiger partial charge in [-0.2, -0.15) is 13.2 Å². The lowest BCUT2D eigenvalue weighted by Gasteiger charge is -2.50. The molecule has 5 atom stereocenters. The van der Waals surface area contributed by atoms with E-state index < -0.39 is 18.0 Å². The molecular formula is C21H23F3N2O2. The lowest BCUT2D eigenvalue weighted by atomic mass is 9.73. The molecule has 1 N–H and O–H groups in total. The van der Waals surface area contributed by atoms with E-state index in [1.54, 1.807) is 12.1 Å². The third kappa shape index (κ3) is 3.26. The molecule has 7 heteroatoms. The molecule has 5 rings (SSSR count). The van der Waals surface area contributed by atoms with Crippen LogP contribution in [0, 0.1) is 11.8 Å². The van der Waals surface area contributed by atoms with E-state index in [2.05, 4.69) is 16.5 Å². The minimum Gasteiger partial charge on any atom is -0.497 e. The Morgan fingerprint density at radius 1 is 1.36 bits per heavy atom. The molecule has 3 saturated heterocycles. The van der Waals surface area contributed by atoms with E-state index in [0.29, 0.717) is 23.0 Å². The summed E-state index contributed by atoms with van der Waals surface area (Å²) in [7, 11) is 1.50. The van der Waals surface area contributed by atoms with Crippen LogP contribution in [0.4, 0.5) is 13.2 Å². The van der Waals surface area contributed by atoms with E-state index in [9.17, 15) is 18.3 Å². The fourth-order valence-electron chi connectivity index (χ4n) is 4.66. The number of aliphatic hydroxyl groups is 1.